The molecule has 0 fully saturated rings. The standard InChI is InChI=1S/C13H22N2O2S2/c1-4-18-9-10(2)15-19(16,17)13-7-5-6-12(8-14)11(13)3/h5-7,10,15H,4,8-9,14H2,1-3H3. The molecule has 1 atom stereocenters. The van der Waals surface area contributed by atoms with Crippen molar-refractivity contribution in [3.8, 4) is 0 Å². The average Bonchev–Trinajstić information content (AvgIpc) is 2.35. The molecule has 1 aromatic carbocycles. The molecule has 19 heavy (non-hydrogen) atoms. The van der Waals surface area contributed by atoms with Gasteiger partial charge in [0.05, 0.1) is 4.90 Å². The van der Waals surface area contributed by atoms with Crippen LogP contribution in [-0.4, -0.2) is 26.0 Å². The van der Waals surface area contributed by atoms with Crippen LogP contribution in [0.15, 0.2) is 23.1 Å². The smallest absolute Gasteiger partial charge is 0.241 e. The van der Waals surface area contributed by atoms with E-state index in [2.05, 4.69) is 11.6 Å². The first kappa shape index (κ1) is 16.5. The van der Waals surface area contributed by atoms with Gasteiger partial charge in [0.2, 0.25) is 10.0 Å². The summed E-state index contributed by atoms with van der Waals surface area (Å²) in [6, 6.07) is 5.12. The lowest BCUT2D eigenvalue weighted by Gasteiger charge is -2.16. The van der Waals surface area contributed by atoms with Crippen LogP contribution in [0.1, 0.15) is 25.0 Å². The quantitative estimate of drug-likeness (QED) is 0.806. The van der Waals surface area contributed by atoms with Crippen molar-refractivity contribution in [2.75, 3.05) is 11.5 Å². The number of hydrogen-bond donors (Lipinski definition) is 2. The zero-order valence-corrected chi connectivity index (χ0v) is 13.3. The summed E-state index contributed by atoms with van der Waals surface area (Å²) >= 11 is 1.72. The molecule has 108 valence electrons. The maximum Gasteiger partial charge on any atom is 0.241 e. The minimum atomic E-state index is -3.47. The summed E-state index contributed by atoms with van der Waals surface area (Å²) in [4.78, 5) is 0.323. The molecule has 0 radical (unpaired) electrons. The topological polar surface area (TPSA) is 72.2 Å². The molecule has 0 aliphatic carbocycles. The Balaban J connectivity index is 2.94. The van der Waals surface area contributed by atoms with Gasteiger partial charge in [-0.3, -0.25) is 0 Å². The fraction of sp³-hybridized carbons (Fsp3) is 0.538. The summed E-state index contributed by atoms with van der Waals surface area (Å²) in [6.07, 6.45) is 0. The van der Waals surface area contributed by atoms with Crippen LogP contribution in [0.5, 0.6) is 0 Å². The van der Waals surface area contributed by atoms with Gasteiger partial charge in [0.15, 0.2) is 0 Å². The van der Waals surface area contributed by atoms with Crippen molar-refractivity contribution in [3.05, 3.63) is 29.3 Å². The number of nitrogens with one attached hydrogen (secondary N) is 1. The summed E-state index contributed by atoms with van der Waals surface area (Å²) in [6.45, 7) is 6.07. The SMILES string of the molecule is CCSCC(C)NS(=O)(=O)c1cccc(CN)c1C. The Hall–Kier alpha value is -0.560. The van der Waals surface area contributed by atoms with E-state index in [0.29, 0.717) is 11.4 Å². The second kappa shape index (κ2) is 7.28. The highest BCUT2D eigenvalue weighted by Crippen LogP contribution is 2.19. The molecule has 1 aromatic rings. The molecule has 0 aliphatic rings. The summed E-state index contributed by atoms with van der Waals surface area (Å²) in [5.74, 6) is 1.75. The lowest BCUT2D eigenvalue weighted by atomic mass is 10.1. The Labute approximate surface area is 120 Å². The van der Waals surface area contributed by atoms with Crippen molar-refractivity contribution >= 4 is 21.8 Å². The molecule has 0 spiro atoms. The number of thioether (sulfide) groups is 1. The Morgan fingerprint density at radius 2 is 2.11 bits per heavy atom. The Morgan fingerprint density at radius 3 is 2.68 bits per heavy atom. The van der Waals surface area contributed by atoms with Gasteiger partial charge in [-0.2, -0.15) is 11.8 Å². The number of sulfonamides is 1. The van der Waals surface area contributed by atoms with Crippen molar-refractivity contribution in [2.24, 2.45) is 5.73 Å². The predicted molar refractivity (Wildman–Crippen MR) is 81.9 cm³/mol. The van der Waals surface area contributed by atoms with E-state index in [4.69, 9.17) is 5.73 Å². The molecular weight excluding hydrogens is 280 g/mol. The zero-order chi connectivity index (χ0) is 14.5. The molecule has 0 bridgehead atoms. The highest BCUT2D eigenvalue weighted by Gasteiger charge is 2.20. The highest BCUT2D eigenvalue weighted by atomic mass is 32.2. The maximum atomic E-state index is 12.3. The molecule has 6 heteroatoms. The normalized spacial score (nSPS) is 13.5. The van der Waals surface area contributed by atoms with Crippen LogP contribution in [0.25, 0.3) is 0 Å². The van der Waals surface area contributed by atoms with E-state index >= 15 is 0 Å². The lowest BCUT2D eigenvalue weighted by molar-refractivity contribution is 0.570. The molecule has 0 heterocycles. The van der Waals surface area contributed by atoms with Crippen molar-refractivity contribution in [1.29, 1.82) is 0 Å². The van der Waals surface area contributed by atoms with Crippen LogP contribution in [0.2, 0.25) is 0 Å². The number of nitrogens with two attached hydrogens (primary N) is 1. The van der Waals surface area contributed by atoms with Gasteiger partial charge in [0, 0.05) is 18.3 Å². The van der Waals surface area contributed by atoms with Crippen molar-refractivity contribution in [2.45, 2.75) is 38.3 Å². The zero-order valence-electron chi connectivity index (χ0n) is 11.6. The molecule has 0 amide bonds. The predicted octanol–water partition coefficient (Wildman–Crippen LogP) is 1.87. The first-order valence-electron chi connectivity index (χ1n) is 6.31. The molecular formula is C13H22N2O2S2. The van der Waals surface area contributed by atoms with Gasteiger partial charge in [0.25, 0.3) is 0 Å². The van der Waals surface area contributed by atoms with E-state index in [-0.39, 0.29) is 6.04 Å². The first-order valence-corrected chi connectivity index (χ1v) is 8.94. The third kappa shape index (κ3) is 4.49. The van der Waals surface area contributed by atoms with E-state index in [1.807, 2.05) is 13.0 Å². The molecule has 0 aliphatic heterocycles. The van der Waals surface area contributed by atoms with Crippen LogP contribution in [0, 0.1) is 6.92 Å². The van der Waals surface area contributed by atoms with Crippen LogP contribution < -0.4 is 10.5 Å². The fourth-order valence-electron chi connectivity index (χ4n) is 1.83. The van der Waals surface area contributed by atoms with Crippen molar-refractivity contribution in [3.63, 3.8) is 0 Å². The van der Waals surface area contributed by atoms with E-state index < -0.39 is 10.0 Å². The van der Waals surface area contributed by atoms with E-state index in [1.165, 1.54) is 0 Å². The third-order valence-electron chi connectivity index (χ3n) is 2.83. The number of benzene rings is 1. The van der Waals surface area contributed by atoms with E-state index in [9.17, 15) is 8.42 Å². The largest absolute Gasteiger partial charge is 0.326 e. The molecule has 3 N–H and O–H groups in total. The van der Waals surface area contributed by atoms with E-state index in [1.54, 1.807) is 30.8 Å². The van der Waals surface area contributed by atoms with E-state index in [0.717, 1.165) is 22.6 Å². The summed E-state index contributed by atoms with van der Waals surface area (Å²) in [5, 5.41) is 0. The van der Waals surface area contributed by atoms with Crippen LogP contribution >= 0.6 is 11.8 Å². The van der Waals surface area contributed by atoms with Gasteiger partial charge in [-0.25, -0.2) is 13.1 Å². The Morgan fingerprint density at radius 1 is 1.42 bits per heavy atom. The second-order valence-corrected chi connectivity index (χ2v) is 7.43. The molecule has 1 unspecified atom stereocenters. The number of hydrogen-bond acceptors (Lipinski definition) is 4. The summed E-state index contributed by atoms with van der Waals surface area (Å²) < 4.78 is 27.4. The Kier molecular flexibility index (Phi) is 6.32. The minimum absolute atomic E-state index is 0.0871. The maximum absolute atomic E-state index is 12.3. The number of rotatable bonds is 7. The lowest BCUT2D eigenvalue weighted by Crippen LogP contribution is -2.34. The fourth-order valence-corrected chi connectivity index (χ4v) is 4.14. The van der Waals surface area contributed by atoms with Gasteiger partial charge in [-0.05, 0) is 36.8 Å². The Bertz CT molecular complexity index is 515. The molecule has 4 nitrogen and oxygen atoms in total. The first-order chi connectivity index (χ1) is 8.92. The molecule has 1 rings (SSSR count). The van der Waals surface area contributed by atoms with Gasteiger partial charge in [-0.15, -0.1) is 0 Å². The summed E-state index contributed by atoms with van der Waals surface area (Å²) in [5.41, 5.74) is 7.20. The van der Waals surface area contributed by atoms with Crippen LogP contribution in [0.4, 0.5) is 0 Å². The molecule has 0 aromatic heterocycles. The van der Waals surface area contributed by atoms with Gasteiger partial charge in [-0.1, -0.05) is 19.1 Å². The molecule has 0 saturated heterocycles. The second-order valence-electron chi connectivity index (χ2n) is 4.43. The van der Waals surface area contributed by atoms with Crippen LogP contribution in [-0.2, 0) is 16.6 Å². The minimum Gasteiger partial charge on any atom is -0.326 e. The average molecular weight is 302 g/mol. The van der Waals surface area contributed by atoms with Gasteiger partial charge >= 0.3 is 0 Å². The highest BCUT2D eigenvalue weighted by molar-refractivity contribution is 7.99. The van der Waals surface area contributed by atoms with Crippen molar-refractivity contribution < 1.29 is 8.42 Å². The van der Waals surface area contributed by atoms with Gasteiger partial charge in [0.1, 0.15) is 0 Å². The van der Waals surface area contributed by atoms with Gasteiger partial charge < -0.3 is 5.73 Å². The monoisotopic (exact) mass is 302 g/mol. The van der Waals surface area contributed by atoms with Crippen LogP contribution in [0.3, 0.4) is 0 Å². The van der Waals surface area contributed by atoms with Crippen molar-refractivity contribution in [1.82, 2.24) is 4.72 Å². The third-order valence-corrected chi connectivity index (χ3v) is 5.71. The molecule has 0 saturated carbocycles. The summed E-state index contributed by atoms with van der Waals surface area (Å²) in [7, 11) is -3.47.